The number of benzene rings is 1. The topological polar surface area (TPSA) is 144 Å². The van der Waals surface area contributed by atoms with Crippen LogP contribution in [0.25, 0.3) is 0 Å². The molecule has 0 fully saturated rings. The molecule has 9 heteroatoms. The van der Waals surface area contributed by atoms with Gasteiger partial charge in [-0.25, -0.2) is 17.9 Å². The number of urea groups is 1. The van der Waals surface area contributed by atoms with Gasteiger partial charge in [-0.1, -0.05) is 13.3 Å². The first-order valence-electron chi connectivity index (χ1n) is 6.28. The third-order valence-corrected chi connectivity index (χ3v) is 4.03. The minimum atomic E-state index is -4.11. The molecule has 0 saturated heterocycles. The van der Waals surface area contributed by atoms with Crippen molar-refractivity contribution in [2.45, 2.75) is 24.7 Å². The fourth-order valence-electron chi connectivity index (χ4n) is 1.54. The molecule has 116 valence electrons. The van der Waals surface area contributed by atoms with Gasteiger partial charge in [0, 0.05) is 12.1 Å². The summed E-state index contributed by atoms with van der Waals surface area (Å²) >= 11 is 0. The summed E-state index contributed by atoms with van der Waals surface area (Å²) in [5.74, 6) is -0.726. The van der Waals surface area contributed by atoms with Gasteiger partial charge in [0.25, 0.3) is 10.0 Å². The molecule has 0 heterocycles. The zero-order valence-electron chi connectivity index (χ0n) is 11.5. The zero-order chi connectivity index (χ0) is 16.0. The van der Waals surface area contributed by atoms with Crippen molar-refractivity contribution in [3.05, 3.63) is 23.8 Å². The van der Waals surface area contributed by atoms with Gasteiger partial charge < -0.3 is 16.8 Å². The minimum absolute atomic E-state index is 0.0823. The van der Waals surface area contributed by atoms with Gasteiger partial charge in [0.15, 0.2) is 0 Å². The van der Waals surface area contributed by atoms with E-state index >= 15 is 0 Å². The zero-order valence-corrected chi connectivity index (χ0v) is 12.4. The van der Waals surface area contributed by atoms with Crippen molar-refractivity contribution in [3.8, 4) is 0 Å². The third-order valence-electron chi connectivity index (χ3n) is 2.63. The van der Waals surface area contributed by atoms with Crippen molar-refractivity contribution >= 4 is 27.6 Å². The first-order chi connectivity index (χ1) is 9.77. The van der Waals surface area contributed by atoms with Crippen molar-refractivity contribution in [1.29, 1.82) is 0 Å². The molecule has 0 aromatic heterocycles. The average molecular weight is 314 g/mol. The lowest BCUT2D eigenvalue weighted by molar-refractivity contribution is 0.1000. The first-order valence-corrected chi connectivity index (χ1v) is 7.76. The van der Waals surface area contributed by atoms with E-state index in [2.05, 4.69) is 5.32 Å². The standard InChI is InChI=1S/C12H18N4O4S/c1-2-3-6-15-12(18)16-21(19,20)10-5-4-8(11(14)17)7-9(10)13/h4-5,7H,2-3,6,13H2,1H3,(H2,14,17)(H2,15,16,18). The quantitative estimate of drug-likeness (QED) is 0.436. The van der Waals surface area contributed by atoms with E-state index in [1.54, 1.807) is 0 Å². The monoisotopic (exact) mass is 314 g/mol. The Kier molecular flexibility index (Phi) is 5.53. The molecule has 3 amide bonds. The molecular formula is C12H18N4O4S. The smallest absolute Gasteiger partial charge is 0.328 e. The van der Waals surface area contributed by atoms with E-state index < -0.39 is 22.0 Å². The second-order valence-electron chi connectivity index (χ2n) is 4.33. The van der Waals surface area contributed by atoms with Crippen molar-refractivity contribution in [1.82, 2.24) is 10.0 Å². The van der Waals surface area contributed by atoms with Crippen molar-refractivity contribution in [2.75, 3.05) is 12.3 Å². The van der Waals surface area contributed by atoms with E-state index in [-0.39, 0.29) is 16.1 Å². The van der Waals surface area contributed by atoms with Crippen LogP contribution >= 0.6 is 0 Å². The molecule has 1 rings (SSSR count). The molecule has 0 spiro atoms. The SMILES string of the molecule is CCCCNC(=O)NS(=O)(=O)c1ccc(C(N)=O)cc1N. The highest BCUT2D eigenvalue weighted by atomic mass is 32.2. The van der Waals surface area contributed by atoms with Gasteiger partial charge >= 0.3 is 6.03 Å². The van der Waals surface area contributed by atoms with Crippen LogP contribution in [-0.4, -0.2) is 26.9 Å². The Balaban J connectivity index is 2.88. The number of anilines is 1. The molecule has 0 radical (unpaired) electrons. The van der Waals surface area contributed by atoms with Crippen LogP contribution in [0.5, 0.6) is 0 Å². The van der Waals surface area contributed by atoms with Crippen LogP contribution in [0.2, 0.25) is 0 Å². The molecule has 0 saturated carbocycles. The van der Waals surface area contributed by atoms with E-state index in [1.807, 2.05) is 11.6 Å². The van der Waals surface area contributed by atoms with E-state index in [4.69, 9.17) is 11.5 Å². The fourth-order valence-corrected chi connectivity index (χ4v) is 2.58. The predicted molar refractivity (Wildman–Crippen MR) is 78.0 cm³/mol. The normalized spacial score (nSPS) is 10.9. The highest BCUT2D eigenvalue weighted by Gasteiger charge is 2.20. The number of carbonyl (C=O) groups excluding carboxylic acids is 2. The van der Waals surface area contributed by atoms with Crippen LogP contribution in [0.1, 0.15) is 30.1 Å². The summed E-state index contributed by atoms with van der Waals surface area (Å²) < 4.78 is 25.9. The molecule has 6 N–H and O–H groups in total. The number of amides is 3. The molecule has 8 nitrogen and oxygen atoms in total. The summed E-state index contributed by atoms with van der Waals surface area (Å²) in [6.07, 6.45) is 1.61. The number of unbranched alkanes of at least 4 members (excludes halogenated alkanes) is 1. The van der Waals surface area contributed by atoms with Gasteiger partial charge in [-0.3, -0.25) is 4.79 Å². The van der Waals surface area contributed by atoms with Crippen molar-refractivity contribution in [2.24, 2.45) is 5.73 Å². The lowest BCUT2D eigenvalue weighted by atomic mass is 10.2. The lowest BCUT2D eigenvalue weighted by Crippen LogP contribution is -2.40. The summed E-state index contributed by atoms with van der Waals surface area (Å²) in [6, 6.07) is 2.66. The number of sulfonamides is 1. The Morgan fingerprint density at radius 3 is 2.48 bits per heavy atom. The maximum Gasteiger partial charge on any atom is 0.328 e. The van der Waals surface area contributed by atoms with Gasteiger partial charge in [-0.15, -0.1) is 0 Å². The van der Waals surface area contributed by atoms with Crippen LogP contribution in [-0.2, 0) is 10.0 Å². The summed E-state index contributed by atoms with van der Waals surface area (Å²) in [5.41, 5.74) is 10.6. The largest absolute Gasteiger partial charge is 0.398 e. The summed E-state index contributed by atoms with van der Waals surface area (Å²) in [7, 11) is -4.11. The van der Waals surface area contributed by atoms with Crippen LogP contribution in [0.15, 0.2) is 23.1 Å². The molecule has 1 aromatic rings. The molecule has 1 aromatic carbocycles. The number of nitrogens with one attached hydrogen (secondary N) is 2. The molecule has 0 atom stereocenters. The van der Waals surface area contributed by atoms with Crippen LogP contribution < -0.4 is 21.5 Å². The van der Waals surface area contributed by atoms with E-state index in [0.717, 1.165) is 25.0 Å². The fraction of sp³-hybridized carbons (Fsp3) is 0.333. The molecule has 0 bridgehead atoms. The highest BCUT2D eigenvalue weighted by molar-refractivity contribution is 7.90. The number of hydrogen-bond donors (Lipinski definition) is 4. The second-order valence-corrected chi connectivity index (χ2v) is 5.98. The Morgan fingerprint density at radius 1 is 1.29 bits per heavy atom. The Bertz CT molecular complexity index is 643. The van der Waals surface area contributed by atoms with Crippen LogP contribution in [0.4, 0.5) is 10.5 Å². The van der Waals surface area contributed by atoms with Gasteiger partial charge in [0.1, 0.15) is 4.90 Å². The lowest BCUT2D eigenvalue weighted by Gasteiger charge is -2.10. The van der Waals surface area contributed by atoms with Crippen LogP contribution in [0, 0.1) is 0 Å². The number of rotatable bonds is 6. The summed E-state index contributed by atoms with van der Waals surface area (Å²) in [6.45, 7) is 2.31. The predicted octanol–water partition coefficient (Wildman–Crippen LogP) is 0.156. The van der Waals surface area contributed by atoms with Gasteiger partial charge in [0.2, 0.25) is 5.91 Å². The Hall–Kier alpha value is -2.29. The number of hydrogen-bond acceptors (Lipinski definition) is 5. The minimum Gasteiger partial charge on any atom is -0.398 e. The Labute approximate surface area is 122 Å². The summed E-state index contributed by atoms with van der Waals surface area (Å²) in [5, 5.41) is 2.41. The molecule has 21 heavy (non-hydrogen) atoms. The van der Waals surface area contributed by atoms with Gasteiger partial charge in [-0.05, 0) is 24.6 Å². The molecule has 0 aliphatic rings. The van der Waals surface area contributed by atoms with Gasteiger partial charge in [0.05, 0.1) is 5.69 Å². The molecular weight excluding hydrogens is 296 g/mol. The number of nitrogen functional groups attached to an aromatic ring is 1. The van der Waals surface area contributed by atoms with Crippen molar-refractivity contribution in [3.63, 3.8) is 0 Å². The van der Waals surface area contributed by atoms with Gasteiger partial charge in [-0.2, -0.15) is 0 Å². The Morgan fingerprint density at radius 2 is 1.95 bits per heavy atom. The van der Waals surface area contributed by atoms with E-state index in [9.17, 15) is 18.0 Å². The van der Waals surface area contributed by atoms with E-state index in [0.29, 0.717) is 6.54 Å². The van der Waals surface area contributed by atoms with Crippen LogP contribution in [0.3, 0.4) is 0 Å². The second kappa shape index (κ2) is 6.93. The van der Waals surface area contributed by atoms with E-state index in [1.165, 1.54) is 6.07 Å². The summed E-state index contributed by atoms with van der Waals surface area (Å²) in [4.78, 5) is 22.2. The number of primary amides is 1. The highest BCUT2D eigenvalue weighted by Crippen LogP contribution is 2.19. The number of nitrogens with two attached hydrogens (primary N) is 2. The van der Waals surface area contributed by atoms with Crippen molar-refractivity contribution < 1.29 is 18.0 Å². The average Bonchev–Trinajstić information content (AvgIpc) is 2.37. The molecule has 0 aliphatic carbocycles. The molecule has 0 unspecified atom stereocenters. The molecule has 0 aliphatic heterocycles. The maximum atomic E-state index is 12.0. The number of carbonyl (C=O) groups is 2. The third kappa shape index (κ3) is 4.63. The first kappa shape index (κ1) is 16.8. The maximum absolute atomic E-state index is 12.0.